The topological polar surface area (TPSA) is 59.4 Å². The van der Waals surface area contributed by atoms with E-state index in [9.17, 15) is 4.79 Å². The molecule has 0 fully saturated rings. The standard InChI is InChI=1S/C12H17NO3/c1-12(2,3)7-8-16-10-6-4-5-9(13-10)11(14)15/h4-6H,7-8H2,1-3H3,(H,14,15). The van der Waals surface area contributed by atoms with Gasteiger partial charge in [0, 0.05) is 6.07 Å². The van der Waals surface area contributed by atoms with Crippen molar-refractivity contribution in [2.24, 2.45) is 5.41 Å². The van der Waals surface area contributed by atoms with Crippen molar-refractivity contribution in [3.05, 3.63) is 23.9 Å². The highest BCUT2D eigenvalue weighted by Crippen LogP contribution is 2.18. The van der Waals surface area contributed by atoms with E-state index in [4.69, 9.17) is 9.84 Å². The molecule has 0 bridgehead atoms. The maximum absolute atomic E-state index is 10.7. The fourth-order valence-corrected chi connectivity index (χ4v) is 1.08. The fraction of sp³-hybridized carbons (Fsp3) is 0.500. The highest BCUT2D eigenvalue weighted by Gasteiger charge is 2.11. The van der Waals surface area contributed by atoms with Crippen LogP contribution in [0, 0.1) is 5.41 Å². The van der Waals surface area contributed by atoms with Crippen LogP contribution < -0.4 is 4.74 Å². The average molecular weight is 223 g/mol. The van der Waals surface area contributed by atoms with Gasteiger partial charge in [-0.15, -0.1) is 0 Å². The van der Waals surface area contributed by atoms with Crippen LogP contribution >= 0.6 is 0 Å². The Hall–Kier alpha value is -1.58. The van der Waals surface area contributed by atoms with Gasteiger partial charge in [-0.25, -0.2) is 9.78 Å². The molecule has 0 radical (unpaired) electrons. The molecule has 1 aromatic rings. The number of nitrogens with zero attached hydrogens (tertiary/aromatic N) is 1. The minimum Gasteiger partial charge on any atom is -0.478 e. The number of aromatic carboxylic acids is 1. The molecule has 0 atom stereocenters. The third kappa shape index (κ3) is 4.29. The van der Waals surface area contributed by atoms with Crippen LogP contribution in [0.5, 0.6) is 5.88 Å². The molecule has 1 rings (SSSR count). The number of hydrogen-bond donors (Lipinski definition) is 1. The summed E-state index contributed by atoms with van der Waals surface area (Å²) in [7, 11) is 0. The van der Waals surface area contributed by atoms with E-state index in [1.165, 1.54) is 6.07 Å². The number of rotatable bonds is 4. The molecule has 0 aromatic carbocycles. The summed E-state index contributed by atoms with van der Waals surface area (Å²) in [6, 6.07) is 4.73. The van der Waals surface area contributed by atoms with Crippen molar-refractivity contribution in [1.82, 2.24) is 4.98 Å². The van der Waals surface area contributed by atoms with Crippen molar-refractivity contribution in [2.45, 2.75) is 27.2 Å². The van der Waals surface area contributed by atoms with E-state index in [1.54, 1.807) is 12.1 Å². The zero-order chi connectivity index (χ0) is 12.2. The number of ether oxygens (including phenoxy) is 1. The van der Waals surface area contributed by atoms with E-state index >= 15 is 0 Å². The molecule has 16 heavy (non-hydrogen) atoms. The molecule has 0 unspecified atom stereocenters. The Balaban J connectivity index is 2.55. The van der Waals surface area contributed by atoms with Gasteiger partial charge in [0.05, 0.1) is 6.61 Å². The molecule has 0 saturated heterocycles. The Morgan fingerprint density at radius 1 is 1.44 bits per heavy atom. The highest BCUT2D eigenvalue weighted by molar-refractivity contribution is 5.85. The van der Waals surface area contributed by atoms with Gasteiger partial charge >= 0.3 is 5.97 Å². The van der Waals surface area contributed by atoms with Crippen LogP contribution in [0.3, 0.4) is 0 Å². The predicted octanol–water partition coefficient (Wildman–Crippen LogP) is 2.59. The van der Waals surface area contributed by atoms with Crippen LogP contribution in [0.15, 0.2) is 18.2 Å². The molecule has 0 saturated carbocycles. The average Bonchev–Trinajstić information content (AvgIpc) is 2.16. The van der Waals surface area contributed by atoms with Gasteiger partial charge in [0.25, 0.3) is 0 Å². The largest absolute Gasteiger partial charge is 0.478 e. The highest BCUT2D eigenvalue weighted by atomic mass is 16.5. The summed E-state index contributed by atoms with van der Waals surface area (Å²) < 4.78 is 5.40. The lowest BCUT2D eigenvalue weighted by Crippen LogP contribution is -2.12. The van der Waals surface area contributed by atoms with E-state index in [1.807, 2.05) is 0 Å². The molecule has 0 spiro atoms. The number of carbonyl (C=O) groups is 1. The Morgan fingerprint density at radius 3 is 2.69 bits per heavy atom. The van der Waals surface area contributed by atoms with Crippen LogP contribution in [0.25, 0.3) is 0 Å². The van der Waals surface area contributed by atoms with Crippen molar-refractivity contribution in [1.29, 1.82) is 0 Å². The lowest BCUT2D eigenvalue weighted by Gasteiger charge is -2.17. The first kappa shape index (κ1) is 12.5. The minimum absolute atomic E-state index is 0.00765. The molecular formula is C12H17NO3. The molecule has 0 aliphatic rings. The first-order valence-electron chi connectivity index (χ1n) is 5.22. The maximum atomic E-state index is 10.7. The first-order chi connectivity index (χ1) is 7.38. The van der Waals surface area contributed by atoms with Gasteiger partial charge in [-0.3, -0.25) is 0 Å². The molecule has 4 nitrogen and oxygen atoms in total. The minimum atomic E-state index is -1.04. The molecule has 0 aliphatic carbocycles. The zero-order valence-corrected chi connectivity index (χ0v) is 9.86. The molecule has 88 valence electrons. The third-order valence-corrected chi connectivity index (χ3v) is 2.04. The lowest BCUT2D eigenvalue weighted by molar-refractivity contribution is 0.0689. The van der Waals surface area contributed by atoms with Gasteiger partial charge in [-0.2, -0.15) is 0 Å². The second-order valence-electron chi connectivity index (χ2n) is 4.83. The molecule has 4 heteroatoms. The van der Waals surface area contributed by atoms with Gasteiger partial charge in [0.1, 0.15) is 0 Å². The van der Waals surface area contributed by atoms with Gasteiger partial charge < -0.3 is 9.84 Å². The van der Waals surface area contributed by atoms with Gasteiger partial charge in [-0.05, 0) is 17.9 Å². The van der Waals surface area contributed by atoms with E-state index in [0.29, 0.717) is 12.5 Å². The Morgan fingerprint density at radius 2 is 2.12 bits per heavy atom. The molecule has 0 amide bonds. The van der Waals surface area contributed by atoms with Gasteiger partial charge in [0.15, 0.2) is 5.69 Å². The second kappa shape index (κ2) is 4.96. The third-order valence-electron chi connectivity index (χ3n) is 2.04. The Kier molecular flexibility index (Phi) is 3.88. The lowest BCUT2D eigenvalue weighted by atomic mass is 9.93. The van der Waals surface area contributed by atoms with E-state index in [0.717, 1.165) is 6.42 Å². The van der Waals surface area contributed by atoms with Crippen LogP contribution in [0.2, 0.25) is 0 Å². The van der Waals surface area contributed by atoms with E-state index in [-0.39, 0.29) is 11.1 Å². The number of pyridine rings is 1. The molecule has 1 heterocycles. The summed E-state index contributed by atoms with van der Waals surface area (Å²) in [5.74, 6) is -0.676. The molecule has 1 N–H and O–H groups in total. The monoisotopic (exact) mass is 223 g/mol. The maximum Gasteiger partial charge on any atom is 0.354 e. The molecule has 1 aromatic heterocycles. The number of aromatic nitrogens is 1. The number of carboxylic acids is 1. The predicted molar refractivity (Wildman–Crippen MR) is 60.8 cm³/mol. The Labute approximate surface area is 95.3 Å². The van der Waals surface area contributed by atoms with Crippen LogP contribution in [-0.4, -0.2) is 22.7 Å². The quantitative estimate of drug-likeness (QED) is 0.852. The van der Waals surface area contributed by atoms with Crippen LogP contribution in [0.4, 0.5) is 0 Å². The van der Waals surface area contributed by atoms with Gasteiger partial charge in [-0.1, -0.05) is 26.8 Å². The SMILES string of the molecule is CC(C)(C)CCOc1cccc(C(=O)O)n1. The van der Waals surface area contributed by atoms with Crippen molar-refractivity contribution < 1.29 is 14.6 Å². The summed E-state index contributed by atoms with van der Waals surface area (Å²) in [6.45, 7) is 6.91. The van der Waals surface area contributed by atoms with Crippen molar-refractivity contribution in [2.75, 3.05) is 6.61 Å². The second-order valence-corrected chi connectivity index (χ2v) is 4.83. The van der Waals surface area contributed by atoms with E-state index in [2.05, 4.69) is 25.8 Å². The summed E-state index contributed by atoms with van der Waals surface area (Å²) in [5, 5.41) is 8.75. The summed E-state index contributed by atoms with van der Waals surface area (Å²) >= 11 is 0. The summed E-state index contributed by atoms with van der Waals surface area (Å²) in [4.78, 5) is 14.5. The number of carboxylic acid groups (broad SMARTS) is 1. The fourth-order valence-electron chi connectivity index (χ4n) is 1.08. The number of hydrogen-bond acceptors (Lipinski definition) is 3. The first-order valence-corrected chi connectivity index (χ1v) is 5.22. The van der Waals surface area contributed by atoms with Crippen LogP contribution in [-0.2, 0) is 0 Å². The zero-order valence-electron chi connectivity index (χ0n) is 9.86. The van der Waals surface area contributed by atoms with Crippen molar-refractivity contribution in [3.8, 4) is 5.88 Å². The van der Waals surface area contributed by atoms with Crippen molar-refractivity contribution in [3.63, 3.8) is 0 Å². The van der Waals surface area contributed by atoms with Crippen molar-refractivity contribution >= 4 is 5.97 Å². The summed E-state index contributed by atoms with van der Waals surface area (Å²) in [5.41, 5.74) is 0.206. The van der Waals surface area contributed by atoms with E-state index < -0.39 is 5.97 Å². The normalized spacial score (nSPS) is 11.2. The van der Waals surface area contributed by atoms with Crippen LogP contribution in [0.1, 0.15) is 37.7 Å². The smallest absolute Gasteiger partial charge is 0.354 e. The Bertz CT molecular complexity index is 369. The van der Waals surface area contributed by atoms with Gasteiger partial charge in [0.2, 0.25) is 5.88 Å². The molecular weight excluding hydrogens is 206 g/mol. The molecule has 0 aliphatic heterocycles. The summed E-state index contributed by atoms with van der Waals surface area (Å²) in [6.07, 6.45) is 0.895.